The highest BCUT2D eigenvalue weighted by atomic mass is 79.9. The number of hydrogen-bond acceptors (Lipinski definition) is 4. The van der Waals surface area contributed by atoms with Crippen LogP contribution in [-0.2, 0) is 26.0 Å². The van der Waals surface area contributed by atoms with Gasteiger partial charge in [-0.1, -0.05) is 64.0 Å². The van der Waals surface area contributed by atoms with Crippen LogP contribution < -0.4 is 9.62 Å². The second-order valence-corrected chi connectivity index (χ2v) is 12.2. The van der Waals surface area contributed by atoms with E-state index < -0.39 is 28.5 Å². The maximum Gasteiger partial charge on any atom is 0.264 e. The molecular weight excluding hydrogens is 566 g/mol. The van der Waals surface area contributed by atoms with E-state index >= 15 is 0 Å². The van der Waals surface area contributed by atoms with Crippen LogP contribution in [0, 0.1) is 6.92 Å². The molecule has 0 aromatic heterocycles. The zero-order valence-electron chi connectivity index (χ0n) is 22.1. The molecule has 0 fully saturated rings. The molecule has 3 aromatic carbocycles. The first-order chi connectivity index (χ1) is 18.0. The molecule has 2 amide bonds. The van der Waals surface area contributed by atoms with Crippen molar-refractivity contribution < 1.29 is 18.0 Å². The summed E-state index contributed by atoms with van der Waals surface area (Å²) < 4.78 is 29.4. The highest BCUT2D eigenvalue weighted by molar-refractivity contribution is 9.10. The molecule has 0 heterocycles. The summed E-state index contributed by atoms with van der Waals surface area (Å²) in [4.78, 5) is 28.3. The van der Waals surface area contributed by atoms with Gasteiger partial charge >= 0.3 is 0 Å². The molecule has 0 aliphatic carbocycles. The van der Waals surface area contributed by atoms with Gasteiger partial charge in [-0.15, -0.1) is 0 Å². The number of amides is 2. The van der Waals surface area contributed by atoms with Crippen molar-refractivity contribution in [1.82, 2.24) is 10.2 Å². The smallest absolute Gasteiger partial charge is 0.264 e. The van der Waals surface area contributed by atoms with Crippen molar-refractivity contribution in [3.63, 3.8) is 0 Å². The van der Waals surface area contributed by atoms with E-state index in [-0.39, 0.29) is 23.4 Å². The quantitative estimate of drug-likeness (QED) is 0.338. The summed E-state index contributed by atoms with van der Waals surface area (Å²) in [6, 6.07) is 22.0. The van der Waals surface area contributed by atoms with E-state index in [1.165, 1.54) is 17.0 Å². The van der Waals surface area contributed by atoms with Crippen LogP contribution in [-0.4, -0.2) is 50.3 Å². The van der Waals surface area contributed by atoms with Gasteiger partial charge in [-0.05, 0) is 76.1 Å². The number of nitrogens with zero attached hydrogens (tertiary/aromatic N) is 2. The highest BCUT2D eigenvalue weighted by Gasteiger charge is 2.32. The van der Waals surface area contributed by atoms with Crippen LogP contribution >= 0.6 is 15.9 Å². The van der Waals surface area contributed by atoms with E-state index in [2.05, 4.69) is 21.2 Å². The van der Waals surface area contributed by atoms with Gasteiger partial charge in [0.05, 0.1) is 10.6 Å². The Morgan fingerprint density at radius 2 is 1.50 bits per heavy atom. The number of halogens is 1. The molecule has 9 heteroatoms. The number of rotatable bonds is 11. The van der Waals surface area contributed by atoms with E-state index in [4.69, 9.17) is 0 Å². The highest BCUT2D eigenvalue weighted by Crippen LogP contribution is 2.26. The van der Waals surface area contributed by atoms with Gasteiger partial charge in [-0.2, -0.15) is 0 Å². The van der Waals surface area contributed by atoms with Crippen LogP contribution in [0.3, 0.4) is 0 Å². The van der Waals surface area contributed by atoms with Gasteiger partial charge in [-0.25, -0.2) is 8.42 Å². The van der Waals surface area contributed by atoms with E-state index in [9.17, 15) is 18.0 Å². The number of benzene rings is 3. The minimum Gasteiger partial charge on any atom is -0.352 e. The predicted octanol–water partition coefficient (Wildman–Crippen LogP) is 4.94. The first-order valence-electron chi connectivity index (χ1n) is 12.5. The van der Waals surface area contributed by atoms with Crippen molar-refractivity contribution >= 4 is 43.5 Å². The number of carbonyl (C=O) groups is 2. The monoisotopic (exact) mass is 599 g/mol. The average Bonchev–Trinajstić information content (AvgIpc) is 2.88. The third-order valence-corrected chi connectivity index (χ3v) is 8.40. The second-order valence-electron chi connectivity index (χ2n) is 9.46. The first-order valence-corrected chi connectivity index (χ1v) is 14.7. The Kier molecular flexibility index (Phi) is 10.1. The van der Waals surface area contributed by atoms with Gasteiger partial charge in [0.25, 0.3) is 10.0 Å². The van der Waals surface area contributed by atoms with Crippen molar-refractivity contribution in [1.29, 1.82) is 0 Å². The Bertz CT molecular complexity index is 1330. The van der Waals surface area contributed by atoms with Crippen LogP contribution in [0.15, 0.2) is 88.2 Å². The van der Waals surface area contributed by atoms with E-state index in [0.717, 1.165) is 19.9 Å². The van der Waals surface area contributed by atoms with Gasteiger partial charge in [0.1, 0.15) is 12.6 Å². The van der Waals surface area contributed by atoms with E-state index in [1.54, 1.807) is 43.3 Å². The number of nitrogens with one attached hydrogen (secondary N) is 1. The Hall–Kier alpha value is -3.17. The third kappa shape index (κ3) is 7.68. The minimum absolute atomic E-state index is 0.0836. The SMILES string of the molecule is Cc1ccc(S(=O)(=O)N(CC(=O)N(CCc2ccccc2)[C@@H](C)C(=O)NC(C)C)c2ccc(Br)cc2)cc1. The minimum atomic E-state index is -4.07. The first kappa shape index (κ1) is 29.4. The molecule has 1 N–H and O–H groups in total. The molecule has 0 saturated heterocycles. The number of sulfonamides is 1. The van der Waals surface area contributed by atoms with Crippen molar-refractivity contribution in [3.8, 4) is 0 Å². The Morgan fingerprint density at radius 1 is 0.895 bits per heavy atom. The maximum absolute atomic E-state index is 13.8. The summed E-state index contributed by atoms with van der Waals surface area (Å²) in [6.45, 7) is 7.05. The molecule has 0 aliphatic rings. The number of hydrogen-bond donors (Lipinski definition) is 1. The molecule has 0 aliphatic heterocycles. The molecule has 7 nitrogen and oxygen atoms in total. The summed E-state index contributed by atoms with van der Waals surface area (Å²) >= 11 is 3.38. The van der Waals surface area contributed by atoms with Gasteiger partial charge in [-0.3, -0.25) is 13.9 Å². The van der Waals surface area contributed by atoms with Crippen molar-refractivity contribution in [2.45, 2.75) is 51.1 Å². The zero-order valence-corrected chi connectivity index (χ0v) is 24.5. The Balaban J connectivity index is 1.97. The Labute approximate surface area is 234 Å². The van der Waals surface area contributed by atoms with Crippen LogP contribution in [0.2, 0.25) is 0 Å². The normalized spacial score (nSPS) is 12.2. The lowest BCUT2D eigenvalue weighted by atomic mass is 10.1. The lowest BCUT2D eigenvalue weighted by molar-refractivity contribution is -0.139. The molecule has 0 saturated carbocycles. The summed E-state index contributed by atoms with van der Waals surface area (Å²) in [5.74, 6) is -0.760. The summed E-state index contributed by atoms with van der Waals surface area (Å²) in [5.41, 5.74) is 2.29. The summed E-state index contributed by atoms with van der Waals surface area (Å²) in [6.07, 6.45) is 0.523. The van der Waals surface area contributed by atoms with Gasteiger partial charge < -0.3 is 10.2 Å². The second kappa shape index (κ2) is 13.1. The summed E-state index contributed by atoms with van der Waals surface area (Å²) in [5, 5.41) is 2.86. The molecule has 0 bridgehead atoms. The Morgan fingerprint density at radius 3 is 2.08 bits per heavy atom. The molecule has 0 unspecified atom stereocenters. The standard InChI is InChI=1S/C29H34BrN3O4S/c1-21(2)31-29(35)23(4)32(19-18-24-8-6-5-7-9-24)28(34)20-33(26-14-12-25(30)13-15-26)38(36,37)27-16-10-22(3)11-17-27/h5-17,21,23H,18-20H2,1-4H3,(H,31,35)/t23-/m0/s1. The van der Waals surface area contributed by atoms with Gasteiger partial charge in [0, 0.05) is 17.1 Å². The summed E-state index contributed by atoms with van der Waals surface area (Å²) in [7, 11) is -4.07. The lowest BCUT2D eigenvalue weighted by Gasteiger charge is -2.32. The number of carbonyl (C=O) groups excluding carboxylic acids is 2. The third-order valence-electron chi connectivity index (χ3n) is 6.08. The fourth-order valence-electron chi connectivity index (χ4n) is 3.95. The van der Waals surface area contributed by atoms with E-state index in [0.29, 0.717) is 12.1 Å². The zero-order chi connectivity index (χ0) is 27.9. The lowest BCUT2D eigenvalue weighted by Crippen LogP contribution is -2.53. The number of anilines is 1. The van der Waals surface area contributed by atoms with Crippen LogP contribution in [0.5, 0.6) is 0 Å². The molecule has 3 rings (SSSR count). The molecular formula is C29H34BrN3O4S. The van der Waals surface area contributed by atoms with Crippen molar-refractivity contribution in [3.05, 3.63) is 94.5 Å². The molecule has 38 heavy (non-hydrogen) atoms. The predicted molar refractivity (Wildman–Crippen MR) is 154 cm³/mol. The largest absolute Gasteiger partial charge is 0.352 e. The number of aryl methyl sites for hydroxylation is 1. The van der Waals surface area contributed by atoms with Crippen molar-refractivity contribution in [2.75, 3.05) is 17.4 Å². The van der Waals surface area contributed by atoms with E-state index in [1.807, 2.05) is 51.1 Å². The molecule has 0 radical (unpaired) electrons. The van der Waals surface area contributed by atoms with Gasteiger partial charge in [0.15, 0.2) is 0 Å². The molecule has 1 atom stereocenters. The average molecular weight is 601 g/mol. The van der Waals surface area contributed by atoms with Crippen LogP contribution in [0.25, 0.3) is 0 Å². The molecule has 202 valence electrons. The van der Waals surface area contributed by atoms with Gasteiger partial charge in [0.2, 0.25) is 11.8 Å². The fourth-order valence-corrected chi connectivity index (χ4v) is 5.63. The maximum atomic E-state index is 13.8. The topological polar surface area (TPSA) is 86.8 Å². The van der Waals surface area contributed by atoms with Crippen LogP contribution in [0.4, 0.5) is 5.69 Å². The fraction of sp³-hybridized carbons (Fsp3) is 0.310. The molecule has 0 spiro atoms. The van der Waals surface area contributed by atoms with Crippen molar-refractivity contribution in [2.24, 2.45) is 0 Å². The van der Waals surface area contributed by atoms with Crippen LogP contribution in [0.1, 0.15) is 31.9 Å². The molecule has 3 aromatic rings.